The third kappa shape index (κ3) is 2.94. The molecule has 0 heterocycles. The van der Waals surface area contributed by atoms with Gasteiger partial charge in [-0.2, -0.15) is 5.26 Å². The van der Waals surface area contributed by atoms with Crippen molar-refractivity contribution in [1.29, 1.82) is 5.26 Å². The number of hydrogen-bond acceptors (Lipinski definition) is 3. The van der Waals surface area contributed by atoms with Crippen LogP contribution in [0.2, 0.25) is 0 Å². The second kappa shape index (κ2) is 6.44. The van der Waals surface area contributed by atoms with Gasteiger partial charge >= 0.3 is 0 Å². The Balaban J connectivity index is 2.47. The van der Waals surface area contributed by atoms with Crippen LogP contribution in [0.15, 0.2) is 47.4 Å². The molecule has 20 heavy (non-hydrogen) atoms. The summed E-state index contributed by atoms with van der Waals surface area (Å²) in [5, 5.41) is 9.41. The van der Waals surface area contributed by atoms with Crippen LogP contribution in [-0.4, -0.2) is 12.8 Å². The van der Waals surface area contributed by atoms with Gasteiger partial charge in [0.05, 0.1) is 11.3 Å². The van der Waals surface area contributed by atoms with Gasteiger partial charge in [0, 0.05) is 17.6 Å². The Morgan fingerprint density at radius 1 is 1.25 bits per heavy atom. The van der Waals surface area contributed by atoms with Crippen molar-refractivity contribution in [2.75, 3.05) is 17.7 Å². The fourth-order valence-electron chi connectivity index (χ4n) is 2.01. The van der Waals surface area contributed by atoms with Gasteiger partial charge in [-0.1, -0.05) is 19.1 Å². The third-order valence-corrected chi connectivity index (χ3v) is 3.91. The maximum atomic E-state index is 13.3. The van der Waals surface area contributed by atoms with Gasteiger partial charge in [-0.05, 0) is 36.1 Å². The smallest absolute Gasteiger partial charge is 0.125 e. The summed E-state index contributed by atoms with van der Waals surface area (Å²) in [5.74, 6) is 0.619. The van der Waals surface area contributed by atoms with E-state index < -0.39 is 0 Å². The Morgan fingerprint density at radius 3 is 2.65 bits per heavy atom. The lowest BCUT2D eigenvalue weighted by molar-refractivity contribution is 0.628. The maximum Gasteiger partial charge on any atom is 0.125 e. The van der Waals surface area contributed by atoms with Crippen LogP contribution in [0.25, 0.3) is 0 Å². The SMILES string of the molecule is CCSc1cccc(N(C)c2cccc(F)c2)c1C#N. The summed E-state index contributed by atoms with van der Waals surface area (Å²) in [7, 11) is 1.84. The molecule has 0 saturated heterocycles. The van der Waals surface area contributed by atoms with Gasteiger partial charge in [0.25, 0.3) is 0 Å². The van der Waals surface area contributed by atoms with E-state index in [9.17, 15) is 9.65 Å². The van der Waals surface area contributed by atoms with Gasteiger partial charge in [-0.25, -0.2) is 4.39 Å². The molecule has 0 aromatic heterocycles. The minimum atomic E-state index is -0.285. The van der Waals surface area contributed by atoms with Crippen LogP contribution in [0.5, 0.6) is 0 Å². The molecule has 102 valence electrons. The lowest BCUT2D eigenvalue weighted by Gasteiger charge is -2.21. The molecular formula is C16H15FN2S. The summed E-state index contributed by atoms with van der Waals surface area (Å²) in [5.41, 5.74) is 2.14. The number of benzene rings is 2. The van der Waals surface area contributed by atoms with Crippen LogP contribution in [0.3, 0.4) is 0 Å². The predicted molar refractivity (Wildman–Crippen MR) is 82.0 cm³/mol. The van der Waals surface area contributed by atoms with Crippen molar-refractivity contribution in [2.24, 2.45) is 0 Å². The number of nitrogens with zero attached hydrogens (tertiary/aromatic N) is 2. The first kappa shape index (κ1) is 14.4. The second-order valence-corrected chi connectivity index (χ2v) is 5.54. The van der Waals surface area contributed by atoms with Crippen molar-refractivity contribution in [3.8, 4) is 6.07 Å². The minimum absolute atomic E-state index is 0.285. The molecule has 0 radical (unpaired) electrons. The van der Waals surface area contributed by atoms with E-state index in [1.807, 2.05) is 36.2 Å². The number of hydrogen-bond donors (Lipinski definition) is 0. The van der Waals surface area contributed by atoms with E-state index >= 15 is 0 Å². The lowest BCUT2D eigenvalue weighted by atomic mass is 10.1. The van der Waals surface area contributed by atoms with E-state index in [4.69, 9.17) is 0 Å². The van der Waals surface area contributed by atoms with E-state index in [1.165, 1.54) is 12.1 Å². The van der Waals surface area contributed by atoms with Gasteiger partial charge in [0.1, 0.15) is 11.9 Å². The summed E-state index contributed by atoms with van der Waals surface area (Å²) >= 11 is 1.63. The molecule has 2 aromatic carbocycles. The normalized spacial score (nSPS) is 10.1. The van der Waals surface area contributed by atoms with E-state index in [-0.39, 0.29) is 5.82 Å². The molecule has 2 nitrogen and oxygen atoms in total. The molecule has 0 unspecified atom stereocenters. The molecule has 0 aliphatic carbocycles. The number of nitriles is 1. The molecule has 0 aliphatic heterocycles. The van der Waals surface area contributed by atoms with Crippen LogP contribution >= 0.6 is 11.8 Å². The van der Waals surface area contributed by atoms with Crippen molar-refractivity contribution in [2.45, 2.75) is 11.8 Å². The maximum absolute atomic E-state index is 13.3. The zero-order valence-corrected chi connectivity index (χ0v) is 12.2. The van der Waals surface area contributed by atoms with Crippen molar-refractivity contribution in [3.63, 3.8) is 0 Å². The Hall–Kier alpha value is -1.99. The Bertz CT molecular complexity index is 649. The molecule has 0 fully saturated rings. The fraction of sp³-hybridized carbons (Fsp3) is 0.188. The van der Waals surface area contributed by atoms with E-state index in [2.05, 4.69) is 13.0 Å². The lowest BCUT2D eigenvalue weighted by Crippen LogP contribution is -2.11. The zero-order chi connectivity index (χ0) is 14.5. The third-order valence-electron chi connectivity index (χ3n) is 2.97. The molecule has 4 heteroatoms. The monoisotopic (exact) mass is 286 g/mol. The topological polar surface area (TPSA) is 27.0 Å². The van der Waals surface area contributed by atoms with Gasteiger partial charge in [0.15, 0.2) is 0 Å². The zero-order valence-electron chi connectivity index (χ0n) is 11.4. The van der Waals surface area contributed by atoms with Gasteiger partial charge in [-0.3, -0.25) is 0 Å². The highest BCUT2D eigenvalue weighted by molar-refractivity contribution is 7.99. The number of anilines is 2. The van der Waals surface area contributed by atoms with Gasteiger partial charge in [-0.15, -0.1) is 11.8 Å². The highest BCUT2D eigenvalue weighted by Crippen LogP contribution is 2.33. The van der Waals surface area contributed by atoms with Crippen molar-refractivity contribution < 1.29 is 4.39 Å². The average Bonchev–Trinajstić information content (AvgIpc) is 2.46. The standard InChI is InChI=1S/C16H15FN2S/c1-3-20-16-9-5-8-15(14(16)11-18)19(2)13-7-4-6-12(17)10-13/h4-10H,3H2,1-2H3. The van der Waals surface area contributed by atoms with Crippen molar-refractivity contribution >= 4 is 23.1 Å². The van der Waals surface area contributed by atoms with E-state index in [1.54, 1.807) is 17.8 Å². The predicted octanol–water partition coefficient (Wildman–Crippen LogP) is 4.58. The molecule has 2 aromatic rings. The summed E-state index contributed by atoms with van der Waals surface area (Å²) in [6, 6.07) is 14.4. The van der Waals surface area contributed by atoms with Crippen LogP contribution in [0.4, 0.5) is 15.8 Å². The van der Waals surface area contributed by atoms with Crippen LogP contribution in [0.1, 0.15) is 12.5 Å². The molecule has 0 aliphatic rings. The Kier molecular flexibility index (Phi) is 4.65. The molecule has 0 bridgehead atoms. The minimum Gasteiger partial charge on any atom is -0.343 e. The summed E-state index contributed by atoms with van der Waals surface area (Å²) in [6.45, 7) is 2.05. The Morgan fingerprint density at radius 2 is 2.00 bits per heavy atom. The summed E-state index contributed by atoms with van der Waals surface area (Å²) < 4.78 is 13.3. The van der Waals surface area contributed by atoms with Crippen LogP contribution in [0, 0.1) is 17.1 Å². The summed E-state index contributed by atoms with van der Waals surface area (Å²) in [6.07, 6.45) is 0. The first-order chi connectivity index (χ1) is 9.67. The average molecular weight is 286 g/mol. The van der Waals surface area contributed by atoms with Crippen LogP contribution in [-0.2, 0) is 0 Å². The first-order valence-electron chi connectivity index (χ1n) is 6.32. The van der Waals surface area contributed by atoms with E-state index in [0.717, 1.165) is 22.0 Å². The van der Waals surface area contributed by atoms with Crippen molar-refractivity contribution in [3.05, 3.63) is 53.8 Å². The highest BCUT2D eigenvalue weighted by atomic mass is 32.2. The van der Waals surface area contributed by atoms with Crippen molar-refractivity contribution in [1.82, 2.24) is 0 Å². The van der Waals surface area contributed by atoms with E-state index in [0.29, 0.717) is 5.56 Å². The molecule has 0 amide bonds. The summed E-state index contributed by atoms with van der Waals surface area (Å²) in [4.78, 5) is 2.79. The van der Waals surface area contributed by atoms with Gasteiger partial charge < -0.3 is 4.90 Å². The largest absolute Gasteiger partial charge is 0.343 e. The molecule has 0 spiro atoms. The first-order valence-corrected chi connectivity index (χ1v) is 7.31. The molecule has 0 saturated carbocycles. The number of rotatable bonds is 4. The fourth-order valence-corrected chi connectivity index (χ4v) is 2.79. The number of thioether (sulfide) groups is 1. The second-order valence-electron chi connectivity index (χ2n) is 4.23. The quantitative estimate of drug-likeness (QED) is 0.770. The van der Waals surface area contributed by atoms with Crippen LogP contribution < -0.4 is 4.90 Å². The molecule has 0 atom stereocenters. The number of halogens is 1. The molecular weight excluding hydrogens is 271 g/mol. The molecule has 0 N–H and O–H groups in total. The highest BCUT2D eigenvalue weighted by Gasteiger charge is 2.13. The van der Waals surface area contributed by atoms with Gasteiger partial charge in [0.2, 0.25) is 0 Å². The Labute approximate surface area is 122 Å². The molecule has 2 rings (SSSR count).